The summed E-state index contributed by atoms with van der Waals surface area (Å²) < 4.78 is 36.6. The summed E-state index contributed by atoms with van der Waals surface area (Å²) >= 11 is 5.47. The Kier molecular flexibility index (Phi) is 4.88. The van der Waals surface area contributed by atoms with Gasteiger partial charge in [0.05, 0.1) is 30.2 Å². The van der Waals surface area contributed by atoms with Crippen LogP contribution in [-0.4, -0.2) is 51.4 Å². The van der Waals surface area contributed by atoms with E-state index in [0.717, 1.165) is 0 Å². The van der Waals surface area contributed by atoms with Crippen LogP contribution in [0.1, 0.15) is 16.8 Å². The first-order chi connectivity index (χ1) is 9.87. The summed E-state index contributed by atoms with van der Waals surface area (Å²) in [6.45, 7) is 0.908. The molecular formula is C13H16ClNO5S. The van der Waals surface area contributed by atoms with Crippen molar-refractivity contribution >= 4 is 26.9 Å². The van der Waals surface area contributed by atoms with Crippen LogP contribution >= 0.6 is 11.6 Å². The van der Waals surface area contributed by atoms with Gasteiger partial charge in [-0.05, 0) is 36.2 Å². The van der Waals surface area contributed by atoms with Crippen molar-refractivity contribution < 1.29 is 22.7 Å². The molecule has 1 atom stereocenters. The molecule has 0 aromatic heterocycles. The van der Waals surface area contributed by atoms with Crippen LogP contribution in [0.5, 0.6) is 5.75 Å². The quantitative estimate of drug-likeness (QED) is 0.763. The number of halogens is 1. The summed E-state index contributed by atoms with van der Waals surface area (Å²) in [6.07, 6.45) is 0.646. The summed E-state index contributed by atoms with van der Waals surface area (Å²) in [7, 11) is -0.832. The smallest absolute Gasteiger partial charge is 0.256 e. The van der Waals surface area contributed by atoms with Gasteiger partial charge in [0, 0.05) is 13.7 Å². The molecule has 1 unspecified atom stereocenters. The third kappa shape index (κ3) is 3.21. The largest absolute Gasteiger partial charge is 0.496 e. The molecule has 0 radical (unpaired) electrons. The zero-order valence-electron chi connectivity index (χ0n) is 11.7. The van der Waals surface area contributed by atoms with Crippen LogP contribution < -0.4 is 4.74 Å². The highest BCUT2D eigenvalue weighted by molar-refractivity contribution is 7.89. The van der Waals surface area contributed by atoms with Crippen LogP contribution in [-0.2, 0) is 14.8 Å². The van der Waals surface area contributed by atoms with E-state index in [1.807, 2.05) is 0 Å². The first kappa shape index (κ1) is 16.2. The molecule has 0 spiro atoms. The van der Waals surface area contributed by atoms with Crippen molar-refractivity contribution in [2.75, 3.05) is 27.4 Å². The van der Waals surface area contributed by atoms with Crippen LogP contribution in [0.25, 0.3) is 0 Å². The van der Waals surface area contributed by atoms with Gasteiger partial charge in [0.25, 0.3) is 5.24 Å². The minimum atomic E-state index is -3.72. The van der Waals surface area contributed by atoms with Gasteiger partial charge in [-0.2, -0.15) is 4.31 Å². The van der Waals surface area contributed by atoms with E-state index in [1.165, 1.54) is 36.7 Å². The first-order valence-electron chi connectivity index (χ1n) is 6.31. The summed E-state index contributed by atoms with van der Waals surface area (Å²) in [5, 5.41) is -0.768. The van der Waals surface area contributed by atoms with Gasteiger partial charge < -0.3 is 9.47 Å². The zero-order chi connectivity index (χ0) is 15.6. The lowest BCUT2D eigenvalue weighted by atomic mass is 10.2. The molecule has 6 nitrogen and oxygen atoms in total. The van der Waals surface area contributed by atoms with Crippen molar-refractivity contribution in [1.82, 2.24) is 4.31 Å². The number of ether oxygens (including phenoxy) is 2. The summed E-state index contributed by atoms with van der Waals surface area (Å²) in [5.74, 6) is 0.237. The number of hydrogen-bond donors (Lipinski definition) is 0. The molecule has 116 valence electrons. The molecular weight excluding hydrogens is 318 g/mol. The maximum atomic E-state index is 12.6. The average molecular weight is 334 g/mol. The molecule has 1 heterocycles. The second-order valence-electron chi connectivity index (χ2n) is 4.67. The summed E-state index contributed by atoms with van der Waals surface area (Å²) in [5.41, 5.74) is 0.0244. The minimum Gasteiger partial charge on any atom is -0.496 e. The van der Waals surface area contributed by atoms with Gasteiger partial charge in [0.1, 0.15) is 5.75 Å². The fourth-order valence-corrected chi connectivity index (χ4v) is 3.72. The van der Waals surface area contributed by atoms with Crippen LogP contribution in [0.15, 0.2) is 23.1 Å². The van der Waals surface area contributed by atoms with E-state index in [2.05, 4.69) is 0 Å². The van der Waals surface area contributed by atoms with Crippen molar-refractivity contribution in [3.05, 3.63) is 23.8 Å². The fourth-order valence-electron chi connectivity index (χ4n) is 2.17. The van der Waals surface area contributed by atoms with Crippen LogP contribution in [0.2, 0.25) is 0 Å². The molecule has 1 aliphatic heterocycles. The Hall–Kier alpha value is -1.15. The summed E-state index contributed by atoms with van der Waals surface area (Å²) in [6, 6.07) is 3.84. The first-order valence-corrected chi connectivity index (χ1v) is 8.13. The Labute approximate surface area is 128 Å². The van der Waals surface area contributed by atoms with Crippen molar-refractivity contribution in [3.8, 4) is 5.75 Å². The lowest BCUT2D eigenvalue weighted by Gasteiger charge is -2.23. The highest BCUT2D eigenvalue weighted by Gasteiger charge is 2.31. The average Bonchev–Trinajstić information content (AvgIpc) is 2.99. The lowest BCUT2D eigenvalue weighted by molar-refractivity contribution is 0.107. The molecule has 1 aromatic rings. The van der Waals surface area contributed by atoms with Gasteiger partial charge in [0.2, 0.25) is 10.0 Å². The molecule has 21 heavy (non-hydrogen) atoms. The maximum absolute atomic E-state index is 12.6. The van der Waals surface area contributed by atoms with E-state index in [0.29, 0.717) is 19.6 Å². The molecule has 1 aliphatic rings. The lowest BCUT2D eigenvalue weighted by Crippen LogP contribution is -2.37. The topological polar surface area (TPSA) is 72.9 Å². The number of likely N-dealkylation sites (N-methyl/N-ethyl adjacent to an activating group) is 1. The summed E-state index contributed by atoms with van der Waals surface area (Å²) in [4.78, 5) is 11.4. The van der Waals surface area contributed by atoms with Crippen molar-refractivity contribution in [3.63, 3.8) is 0 Å². The molecule has 0 N–H and O–H groups in total. The Balaban J connectivity index is 2.40. The fraction of sp³-hybridized carbons (Fsp3) is 0.462. The molecule has 0 bridgehead atoms. The highest BCUT2D eigenvalue weighted by Crippen LogP contribution is 2.27. The minimum absolute atomic E-state index is 0.00157. The number of rotatable bonds is 5. The van der Waals surface area contributed by atoms with Crippen LogP contribution in [0, 0.1) is 0 Å². The molecule has 1 saturated heterocycles. The van der Waals surface area contributed by atoms with E-state index in [1.54, 1.807) is 0 Å². The standard InChI is InChI=1S/C13H16ClNO5S/c1-15(9-5-6-20-8-9)21(17,18)10-3-4-12(19-2)11(7-10)13(14)16/h3-4,7,9H,5-6,8H2,1-2H3. The van der Waals surface area contributed by atoms with Gasteiger partial charge >= 0.3 is 0 Å². The molecule has 0 amide bonds. The van der Waals surface area contributed by atoms with Gasteiger partial charge in [-0.25, -0.2) is 8.42 Å². The van der Waals surface area contributed by atoms with Crippen molar-refractivity contribution in [2.24, 2.45) is 0 Å². The molecule has 1 aromatic carbocycles. The number of nitrogens with zero attached hydrogens (tertiary/aromatic N) is 1. The monoisotopic (exact) mass is 333 g/mol. The third-order valence-corrected chi connectivity index (χ3v) is 5.59. The Morgan fingerprint density at radius 2 is 2.19 bits per heavy atom. The molecule has 8 heteroatoms. The van der Waals surface area contributed by atoms with Crippen LogP contribution in [0.3, 0.4) is 0 Å². The Bertz CT molecular complexity index is 640. The second kappa shape index (κ2) is 6.31. The van der Waals surface area contributed by atoms with Crippen LogP contribution in [0.4, 0.5) is 0 Å². The molecule has 1 fully saturated rings. The Morgan fingerprint density at radius 3 is 2.71 bits per heavy atom. The highest BCUT2D eigenvalue weighted by atomic mass is 35.5. The second-order valence-corrected chi connectivity index (χ2v) is 7.02. The van der Waals surface area contributed by atoms with E-state index >= 15 is 0 Å². The third-order valence-electron chi connectivity index (χ3n) is 3.48. The van der Waals surface area contributed by atoms with E-state index < -0.39 is 15.3 Å². The molecule has 0 saturated carbocycles. The number of benzene rings is 1. The predicted molar refractivity (Wildman–Crippen MR) is 77.4 cm³/mol. The van der Waals surface area contributed by atoms with E-state index in [-0.39, 0.29) is 22.3 Å². The van der Waals surface area contributed by atoms with Gasteiger partial charge in [-0.15, -0.1) is 0 Å². The van der Waals surface area contributed by atoms with E-state index in [4.69, 9.17) is 21.1 Å². The molecule has 0 aliphatic carbocycles. The van der Waals surface area contributed by atoms with Gasteiger partial charge in [-0.1, -0.05) is 0 Å². The number of carbonyl (C=O) groups excluding carboxylic acids is 1. The van der Waals surface area contributed by atoms with Crippen molar-refractivity contribution in [1.29, 1.82) is 0 Å². The van der Waals surface area contributed by atoms with Gasteiger partial charge in [-0.3, -0.25) is 4.79 Å². The maximum Gasteiger partial charge on any atom is 0.256 e. The normalized spacial score (nSPS) is 19.0. The SMILES string of the molecule is COc1ccc(S(=O)(=O)N(C)C2CCOC2)cc1C(=O)Cl. The number of methoxy groups -OCH3 is 1. The number of sulfonamides is 1. The predicted octanol–water partition coefficient (Wildman–Crippen LogP) is 1.48. The molecule has 2 rings (SSSR count). The van der Waals surface area contributed by atoms with Crippen molar-refractivity contribution in [2.45, 2.75) is 17.4 Å². The number of hydrogen-bond acceptors (Lipinski definition) is 5. The zero-order valence-corrected chi connectivity index (χ0v) is 13.3. The Morgan fingerprint density at radius 1 is 1.48 bits per heavy atom. The van der Waals surface area contributed by atoms with Gasteiger partial charge in [0.15, 0.2) is 0 Å². The number of carbonyl (C=O) groups is 1. The van der Waals surface area contributed by atoms with E-state index in [9.17, 15) is 13.2 Å².